The fourth-order valence-corrected chi connectivity index (χ4v) is 2.55. The monoisotopic (exact) mass is 375 g/mol. The second-order valence-electron chi connectivity index (χ2n) is 4.71. The van der Waals surface area contributed by atoms with Crippen molar-refractivity contribution in [3.8, 4) is 5.75 Å². The van der Waals surface area contributed by atoms with Gasteiger partial charge in [-0.15, -0.1) is 11.3 Å². The molecule has 8 heteroatoms. The third-order valence-electron chi connectivity index (χ3n) is 2.89. The highest BCUT2D eigenvalue weighted by Gasteiger charge is 2.07. The van der Waals surface area contributed by atoms with Gasteiger partial charge in [-0.25, -0.2) is 0 Å². The van der Waals surface area contributed by atoms with Crippen LogP contribution in [0.2, 0.25) is 0 Å². The standard InChI is InChI=1S/C17H17N3O3S2/c1-2-23-13-8-5-12(6-9-13)7-10-15(21)18-17(24)20-19-16(22)14-4-3-11-25-14/h3-11H,2H2,1H3,(H,19,22)(H2,18,20,21,24)/b10-7+. The number of hydrogen-bond acceptors (Lipinski definition) is 5. The maximum Gasteiger partial charge on any atom is 0.279 e. The molecule has 0 spiro atoms. The normalized spacial score (nSPS) is 10.3. The molecule has 0 fully saturated rings. The first kappa shape index (κ1) is 18.6. The summed E-state index contributed by atoms with van der Waals surface area (Å²) in [6.07, 6.45) is 3.00. The summed E-state index contributed by atoms with van der Waals surface area (Å²) in [7, 11) is 0. The highest BCUT2D eigenvalue weighted by atomic mass is 32.1. The van der Waals surface area contributed by atoms with E-state index in [4.69, 9.17) is 17.0 Å². The van der Waals surface area contributed by atoms with E-state index in [0.29, 0.717) is 11.5 Å². The smallest absolute Gasteiger partial charge is 0.279 e. The van der Waals surface area contributed by atoms with Crippen molar-refractivity contribution in [1.82, 2.24) is 16.2 Å². The van der Waals surface area contributed by atoms with Gasteiger partial charge in [0.15, 0.2) is 5.11 Å². The number of amides is 2. The lowest BCUT2D eigenvalue weighted by Crippen LogP contribution is -2.48. The topological polar surface area (TPSA) is 79.5 Å². The molecule has 0 unspecified atom stereocenters. The number of hydrogen-bond donors (Lipinski definition) is 3. The Labute approximate surface area is 154 Å². The van der Waals surface area contributed by atoms with Crippen LogP contribution in [0.4, 0.5) is 0 Å². The van der Waals surface area contributed by atoms with E-state index >= 15 is 0 Å². The Balaban J connectivity index is 1.76. The van der Waals surface area contributed by atoms with E-state index in [-0.39, 0.29) is 11.0 Å². The number of carbonyl (C=O) groups is 2. The lowest BCUT2D eigenvalue weighted by atomic mass is 10.2. The van der Waals surface area contributed by atoms with E-state index < -0.39 is 5.91 Å². The summed E-state index contributed by atoms with van der Waals surface area (Å²) < 4.78 is 5.35. The van der Waals surface area contributed by atoms with Crippen LogP contribution in [-0.2, 0) is 4.79 Å². The molecular weight excluding hydrogens is 358 g/mol. The van der Waals surface area contributed by atoms with Crippen LogP contribution in [0.5, 0.6) is 5.75 Å². The fraction of sp³-hybridized carbons (Fsp3) is 0.118. The van der Waals surface area contributed by atoms with Crippen molar-refractivity contribution >= 4 is 46.6 Å². The average Bonchev–Trinajstić information content (AvgIpc) is 3.14. The van der Waals surface area contributed by atoms with Gasteiger partial charge in [-0.1, -0.05) is 18.2 Å². The van der Waals surface area contributed by atoms with Crippen molar-refractivity contribution in [1.29, 1.82) is 0 Å². The van der Waals surface area contributed by atoms with Crippen molar-refractivity contribution in [3.63, 3.8) is 0 Å². The van der Waals surface area contributed by atoms with Crippen LogP contribution in [0.1, 0.15) is 22.2 Å². The van der Waals surface area contributed by atoms with Gasteiger partial charge in [0.25, 0.3) is 5.91 Å². The van der Waals surface area contributed by atoms with Crippen molar-refractivity contribution in [2.24, 2.45) is 0 Å². The number of benzene rings is 1. The highest BCUT2D eigenvalue weighted by Crippen LogP contribution is 2.12. The first-order valence-corrected chi connectivity index (χ1v) is 8.73. The number of rotatable bonds is 5. The van der Waals surface area contributed by atoms with Gasteiger partial charge >= 0.3 is 0 Å². The molecule has 2 aromatic rings. The van der Waals surface area contributed by atoms with E-state index in [1.807, 2.05) is 31.2 Å². The predicted molar refractivity (Wildman–Crippen MR) is 102 cm³/mol. The minimum absolute atomic E-state index is 0.00579. The number of ether oxygens (including phenoxy) is 1. The molecule has 2 rings (SSSR count). The molecule has 1 aromatic carbocycles. The lowest BCUT2D eigenvalue weighted by Gasteiger charge is -2.08. The van der Waals surface area contributed by atoms with Gasteiger partial charge < -0.3 is 4.74 Å². The van der Waals surface area contributed by atoms with Crippen LogP contribution in [-0.4, -0.2) is 23.5 Å². The molecule has 0 saturated heterocycles. The molecule has 1 heterocycles. The molecule has 2 amide bonds. The van der Waals surface area contributed by atoms with Gasteiger partial charge in [-0.05, 0) is 54.4 Å². The summed E-state index contributed by atoms with van der Waals surface area (Å²) in [5.41, 5.74) is 5.74. The van der Waals surface area contributed by atoms with Gasteiger partial charge in [0.2, 0.25) is 5.91 Å². The molecule has 0 aliphatic heterocycles. The maximum atomic E-state index is 11.8. The Morgan fingerprint density at radius 1 is 1.20 bits per heavy atom. The van der Waals surface area contributed by atoms with Crippen molar-refractivity contribution in [2.45, 2.75) is 6.92 Å². The molecule has 6 nitrogen and oxygen atoms in total. The van der Waals surface area contributed by atoms with E-state index in [9.17, 15) is 9.59 Å². The summed E-state index contributed by atoms with van der Waals surface area (Å²) in [5, 5.41) is 4.24. The molecule has 130 valence electrons. The molecular formula is C17H17N3O3S2. The van der Waals surface area contributed by atoms with Gasteiger partial charge in [0.1, 0.15) is 5.75 Å². The lowest BCUT2D eigenvalue weighted by molar-refractivity contribution is -0.115. The van der Waals surface area contributed by atoms with Gasteiger partial charge in [0, 0.05) is 6.08 Å². The van der Waals surface area contributed by atoms with Gasteiger partial charge in [0.05, 0.1) is 11.5 Å². The fourth-order valence-electron chi connectivity index (χ4n) is 1.78. The second kappa shape index (κ2) is 9.55. The van der Waals surface area contributed by atoms with E-state index in [1.54, 1.807) is 23.6 Å². The molecule has 0 aliphatic rings. The van der Waals surface area contributed by atoms with Crippen molar-refractivity contribution < 1.29 is 14.3 Å². The number of thiophene rings is 1. The van der Waals surface area contributed by atoms with E-state index in [1.165, 1.54) is 17.4 Å². The summed E-state index contributed by atoms with van der Waals surface area (Å²) in [6, 6.07) is 10.8. The number of carbonyl (C=O) groups excluding carboxylic acids is 2. The molecule has 3 N–H and O–H groups in total. The molecule has 0 atom stereocenters. The van der Waals surface area contributed by atoms with Crippen LogP contribution in [0.15, 0.2) is 47.9 Å². The van der Waals surface area contributed by atoms with Crippen molar-refractivity contribution in [3.05, 3.63) is 58.3 Å². The Morgan fingerprint density at radius 3 is 2.60 bits per heavy atom. The Kier molecular flexibility index (Phi) is 7.12. The van der Waals surface area contributed by atoms with Crippen molar-refractivity contribution in [2.75, 3.05) is 6.61 Å². The summed E-state index contributed by atoms with van der Waals surface area (Å²) in [4.78, 5) is 24.1. The first-order valence-electron chi connectivity index (χ1n) is 7.44. The van der Waals surface area contributed by atoms with E-state index in [2.05, 4.69) is 16.2 Å². The highest BCUT2D eigenvalue weighted by molar-refractivity contribution is 7.80. The molecule has 0 bridgehead atoms. The zero-order valence-corrected chi connectivity index (χ0v) is 15.1. The van der Waals surface area contributed by atoms with Crippen LogP contribution in [0, 0.1) is 0 Å². The third kappa shape index (κ3) is 6.36. The van der Waals surface area contributed by atoms with Crippen LogP contribution in [0.25, 0.3) is 6.08 Å². The number of hydrazine groups is 1. The van der Waals surface area contributed by atoms with Crippen LogP contribution >= 0.6 is 23.6 Å². The summed E-state index contributed by atoms with van der Waals surface area (Å²) >= 11 is 6.25. The minimum atomic E-state index is -0.406. The predicted octanol–water partition coefficient (Wildman–Crippen LogP) is 2.50. The quantitative estimate of drug-likeness (QED) is 0.425. The molecule has 0 saturated carbocycles. The number of thiocarbonyl (C=S) groups is 1. The van der Waals surface area contributed by atoms with Gasteiger partial charge in [-0.3, -0.25) is 25.8 Å². The number of nitrogens with one attached hydrogen (secondary N) is 3. The molecule has 0 radical (unpaired) electrons. The second-order valence-corrected chi connectivity index (χ2v) is 6.07. The Morgan fingerprint density at radius 2 is 1.96 bits per heavy atom. The largest absolute Gasteiger partial charge is 0.494 e. The zero-order chi connectivity index (χ0) is 18.1. The molecule has 25 heavy (non-hydrogen) atoms. The SMILES string of the molecule is CCOc1ccc(/C=C/C(=O)NC(=S)NNC(=O)c2cccs2)cc1. The molecule has 1 aromatic heterocycles. The van der Waals surface area contributed by atoms with Crippen LogP contribution in [0.3, 0.4) is 0 Å². The minimum Gasteiger partial charge on any atom is -0.494 e. The maximum absolute atomic E-state index is 11.8. The Bertz CT molecular complexity index is 756. The Hall–Kier alpha value is -2.71. The zero-order valence-electron chi connectivity index (χ0n) is 13.4. The summed E-state index contributed by atoms with van der Waals surface area (Å²) in [6.45, 7) is 2.52. The third-order valence-corrected chi connectivity index (χ3v) is 3.96. The summed E-state index contributed by atoms with van der Waals surface area (Å²) in [5.74, 6) is 0.0456. The van der Waals surface area contributed by atoms with Gasteiger partial charge in [-0.2, -0.15) is 0 Å². The average molecular weight is 375 g/mol. The van der Waals surface area contributed by atoms with E-state index in [0.717, 1.165) is 11.3 Å². The first-order chi connectivity index (χ1) is 12.1. The van der Waals surface area contributed by atoms with Crippen LogP contribution < -0.4 is 20.9 Å². The molecule has 0 aliphatic carbocycles.